The number of fused-ring (bicyclic) bond motifs is 1. The molecule has 3 aromatic carbocycles. The number of hydrogen-bond acceptors (Lipinski definition) is 6. The summed E-state index contributed by atoms with van der Waals surface area (Å²) in [5.74, 6) is -0.741. The molecule has 43 heavy (non-hydrogen) atoms. The Hall–Kier alpha value is -5.12. The summed E-state index contributed by atoms with van der Waals surface area (Å²) >= 11 is 0. The number of rotatable bonds is 9. The molecule has 0 saturated carbocycles. The normalized spacial score (nSPS) is 12.9. The van der Waals surface area contributed by atoms with Crippen molar-refractivity contribution in [3.63, 3.8) is 0 Å². The van der Waals surface area contributed by atoms with Gasteiger partial charge in [0.15, 0.2) is 0 Å². The van der Waals surface area contributed by atoms with E-state index in [4.69, 9.17) is 15.9 Å². The number of benzene rings is 3. The number of nitrogens with one attached hydrogen (secondary N) is 3. The van der Waals surface area contributed by atoms with Gasteiger partial charge in [-0.25, -0.2) is 4.79 Å². The minimum Gasteiger partial charge on any atom is -0.449 e. The van der Waals surface area contributed by atoms with E-state index in [1.165, 1.54) is 0 Å². The number of aromatic nitrogens is 1. The van der Waals surface area contributed by atoms with Crippen LogP contribution in [0.15, 0.2) is 72.8 Å². The summed E-state index contributed by atoms with van der Waals surface area (Å²) in [6.45, 7) is 6.43. The lowest BCUT2D eigenvalue weighted by atomic mass is 10.1. The van der Waals surface area contributed by atoms with Crippen LogP contribution >= 0.6 is 0 Å². The molecular weight excluding hydrogens is 544 g/mol. The molecule has 5 rings (SSSR count). The Morgan fingerprint density at radius 2 is 1.67 bits per heavy atom. The van der Waals surface area contributed by atoms with Gasteiger partial charge in [0.2, 0.25) is 5.91 Å². The number of hydrogen-bond donors (Lipinski definition) is 4. The molecule has 5 N–H and O–H groups in total. The molecule has 3 amide bonds. The Kier molecular flexibility index (Phi) is 8.75. The molecule has 10 heteroatoms. The monoisotopic (exact) mass is 580 g/mol. The van der Waals surface area contributed by atoms with Crippen LogP contribution in [0, 0.1) is 11.3 Å². The zero-order valence-corrected chi connectivity index (χ0v) is 24.4. The maximum Gasteiger partial charge on any atom is 0.412 e. The third-order valence-corrected chi connectivity index (χ3v) is 7.35. The van der Waals surface area contributed by atoms with Crippen LogP contribution in [0.4, 0.5) is 16.2 Å². The summed E-state index contributed by atoms with van der Waals surface area (Å²) in [7, 11) is 0. The van der Waals surface area contributed by atoms with Crippen LogP contribution in [0.25, 0.3) is 10.9 Å². The van der Waals surface area contributed by atoms with Gasteiger partial charge in [0.25, 0.3) is 5.91 Å². The predicted molar refractivity (Wildman–Crippen MR) is 168 cm³/mol. The van der Waals surface area contributed by atoms with E-state index in [1.807, 2.05) is 48.7 Å². The van der Waals surface area contributed by atoms with Crippen molar-refractivity contribution in [3.8, 4) is 0 Å². The molecule has 4 aromatic rings. The molecule has 0 unspecified atom stereocenters. The zero-order chi connectivity index (χ0) is 30.5. The number of alkyl carbamates (subject to hydrolysis) is 1. The number of anilines is 2. The van der Waals surface area contributed by atoms with Crippen LogP contribution in [-0.4, -0.2) is 48.0 Å². The summed E-state index contributed by atoms with van der Waals surface area (Å²) in [5.41, 5.74) is 10.0. The predicted octanol–water partition coefficient (Wildman–Crippen LogP) is 5.35. The van der Waals surface area contributed by atoms with Gasteiger partial charge in [-0.05, 0) is 66.8 Å². The van der Waals surface area contributed by atoms with Crippen molar-refractivity contribution in [3.05, 3.63) is 95.2 Å². The number of carbonyl (C=O) groups is 3. The Balaban J connectivity index is 1.46. The van der Waals surface area contributed by atoms with E-state index in [0.29, 0.717) is 34.6 Å². The molecular formula is C33H36N6O4. The van der Waals surface area contributed by atoms with Gasteiger partial charge in [-0.15, -0.1) is 0 Å². The number of nitrogens with zero attached hydrogens (tertiary/aromatic N) is 2. The quantitative estimate of drug-likeness (QED) is 0.156. The molecule has 1 fully saturated rings. The van der Waals surface area contributed by atoms with E-state index in [2.05, 4.69) is 21.6 Å². The summed E-state index contributed by atoms with van der Waals surface area (Å²) in [4.78, 5) is 39.8. The Morgan fingerprint density at radius 1 is 0.953 bits per heavy atom. The van der Waals surface area contributed by atoms with E-state index in [0.717, 1.165) is 42.6 Å². The fraction of sp³-hybridized carbons (Fsp3) is 0.273. The number of nitrogens with two attached hydrogens (primary N) is 1. The largest absolute Gasteiger partial charge is 0.449 e. The molecule has 222 valence electrons. The lowest BCUT2D eigenvalue weighted by Crippen LogP contribution is -2.31. The maximum absolute atomic E-state index is 13.7. The van der Waals surface area contributed by atoms with Gasteiger partial charge in [-0.1, -0.05) is 44.2 Å². The average Bonchev–Trinajstić information content (AvgIpc) is 3.65. The topological polar surface area (TPSA) is 143 Å². The zero-order valence-electron chi connectivity index (χ0n) is 24.4. The van der Waals surface area contributed by atoms with Crippen LogP contribution in [-0.2, 0) is 11.3 Å². The van der Waals surface area contributed by atoms with E-state index in [9.17, 15) is 14.4 Å². The highest BCUT2D eigenvalue weighted by molar-refractivity contribution is 6.09. The molecule has 1 saturated heterocycles. The molecule has 10 nitrogen and oxygen atoms in total. The van der Waals surface area contributed by atoms with E-state index in [1.54, 1.807) is 36.4 Å². The van der Waals surface area contributed by atoms with Crippen molar-refractivity contribution in [1.82, 2.24) is 9.88 Å². The maximum atomic E-state index is 13.7. The first-order chi connectivity index (χ1) is 20.7. The van der Waals surface area contributed by atoms with Crippen molar-refractivity contribution in [2.24, 2.45) is 11.7 Å². The molecule has 0 radical (unpaired) electrons. The number of ether oxygens (including phenoxy) is 1. The van der Waals surface area contributed by atoms with E-state index in [-0.39, 0.29) is 24.3 Å². The van der Waals surface area contributed by atoms with Crippen LogP contribution in [0.2, 0.25) is 0 Å². The standard InChI is InChI=1S/C33H36N6O4/c1-21(2)20-43-33(42)37-30(34)25-13-12-24-16-29(32(41)36-26-6-5-7-27(18-26)38-14-3-4-15-38)39(28(24)17-25)19-22-8-10-23(11-9-22)31(35)40/h5-13,16-18,21H,3-4,14-15,19-20H2,1-2H3,(H2,35,40)(H,36,41)(H2,34,37,42). The number of carbonyl (C=O) groups excluding carboxylic acids is 3. The van der Waals surface area contributed by atoms with Gasteiger partial charge < -0.3 is 25.3 Å². The lowest BCUT2D eigenvalue weighted by Gasteiger charge is -2.18. The number of amidine groups is 1. The fourth-order valence-corrected chi connectivity index (χ4v) is 5.13. The first kappa shape index (κ1) is 29.4. The van der Waals surface area contributed by atoms with Crippen molar-refractivity contribution in [2.75, 3.05) is 29.9 Å². The third kappa shape index (κ3) is 7.03. The SMILES string of the molecule is CC(C)COC(=O)NC(=N)c1ccc2cc(C(=O)Nc3cccc(N4CCCC4)c3)n(Cc3ccc(C(N)=O)cc3)c2c1. The molecule has 0 aliphatic carbocycles. The number of primary amides is 1. The molecule has 0 spiro atoms. The minimum atomic E-state index is -0.694. The highest BCUT2D eigenvalue weighted by Gasteiger charge is 2.19. The second-order valence-corrected chi connectivity index (χ2v) is 11.1. The van der Waals surface area contributed by atoms with E-state index < -0.39 is 12.0 Å². The molecule has 0 atom stereocenters. The minimum absolute atomic E-state index is 0.112. The van der Waals surface area contributed by atoms with Crippen molar-refractivity contribution < 1.29 is 19.1 Å². The van der Waals surface area contributed by atoms with Gasteiger partial charge in [-0.3, -0.25) is 20.3 Å². The van der Waals surface area contributed by atoms with Crippen LogP contribution < -0.4 is 21.3 Å². The van der Waals surface area contributed by atoms with Crippen molar-refractivity contribution >= 4 is 46.0 Å². The molecule has 2 heterocycles. The molecule has 1 aliphatic rings. The van der Waals surface area contributed by atoms with Crippen LogP contribution in [0.1, 0.15) is 58.7 Å². The Morgan fingerprint density at radius 3 is 2.37 bits per heavy atom. The third-order valence-electron chi connectivity index (χ3n) is 7.35. The highest BCUT2D eigenvalue weighted by atomic mass is 16.5. The smallest absolute Gasteiger partial charge is 0.412 e. The fourth-order valence-electron chi connectivity index (χ4n) is 5.13. The van der Waals surface area contributed by atoms with Crippen LogP contribution in [0.3, 0.4) is 0 Å². The van der Waals surface area contributed by atoms with Gasteiger partial charge in [0.05, 0.1) is 6.61 Å². The highest BCUT2D eigenvalue weighted by Crippen LogP contribution is 2.26. The molecule has 0 bridgehead atoms. The van der Waals surface area contributed by atoms with Crippen molar-refractivity contribution in [1.29, 1.82) is 5.41 Å². The van der Waals surface area contributed by atoms with Crippen LogP contribution in [0.5, 0.6) is 0 Å². The van der Waals surface area contributed by atoms with Gasteiger partial charge in [-0.2, -0.15) is 0 Å². The van der Waals surface area contributed by atoms with Gasteiger partial charge >= 0.3 is 6.09 Å². The Bertz CT molecular complexity index is 1670. The van der Waals surface area contributed by atoms with E-state index >= 15 is 0 Å². The van der Waals surface area contributed by atoms with Gasteiger partial charge in [0.1, 0.15) is 11.5 Å². The first-order valence-corrected chi connectivity index (χ1v) is 14.4. The van der Waals surface area contributed by atoms with Gasteiger partial charge in [0, 0.05) is 53.0 Å². The summed E-state index contributed by atoms with van der Waals surface area (Å²) in [5, 5.41) is 14.8. The summed E-state index contributed by atoms with van der Waals surface area (Å²) in [6, 6.07) is 21.9. The summed E-state index contributed by atoms with van der Waals surface area (Å²) in [6.07, 6.45) is 1.62. The second-order valence-electron chi connectivity index (χ2n) is 11.1. The molecule has 1 aromatic heterocycles. The second kappa shape index (κ2) is 12.8. The average molecular weight is 581 g/mol. The van der Waals surface area contributed by atoms with Crippen molar-refractivity contribution in [2.45, 2.75) is 33.2 Å². The number of amides is 3. The Labute approximate surface area is 250 Å². The molecule has 1 aliphatic heterocycles. The lowest BCUT2D eigenvalue weighted by molar-refractivity contribution is 0.0996. The summed E-state index contributed by atoms with van der Waals surface area (Å²) < 4.78 is 7.02. The first-order valence-electron chi connectivity index (χ1n) is 14.4.